The summed E-state index contributed by atoms with van der Waals surface area (Å²) in [6.07, 6.45) is 1.56. The third-order valence-corrected chi connectivity index (χ3v) is 4.43. The van der Waals surface area contributed by atoms with Crippen LogP contribution in [0.3, 0.4) is 0 Å². The van der Waals surface area contributed by atoms with Gasteiger partial charge in [-0.3, -0.25) is 4.79 Å². The van der Waals surface area contributed by atoms with Gasteiger partial charge in [-0.05, 0) is 25.5 Å². The summed E-state index contributed by atoms with van der Waals surface area (Å²) in [4.78, 5) is 27.6. The molecule has 2 aromatic rings. The fourth-order valence-corrected chi connectivity index (χ4v) is 2.58. The van der Waals surface area contributed by atoms with Gasteiger partial charge in [0.05, 0.1) is 6.20 Å². The van der Waals surface area contributed by atoms with E-state index >= 15 is 0 Å². The van der Waals surface area contributed by atoms with Crippen molar-refractivity contribution in [3.63, 3.8) is 0 Å². The largest absolute Gasteiger partial charge is 0.480 e. The van der Waals surface area contributed by atoms with Crippen LogP contribution in [0.25, 0.3) is 10.6 Å². The van der Waals surface area contributed by atoms with Crippen LogP contribution in [0.15, 0.2) is 30.5 Å². The first-order valence-corrected chi connectivity index (χ1v) is 7.45. The Bertz CT molecular complexity index is 716. The molecule has 1 aromatic heterocycles. The average Bonchev–Trinajstić information content (AvgIpc) is 2.97. The van der Waals surface area contributed by atoms with Crippen molar-refractivity contribution in [1.82, 2.24) is 10.3 Å². The fourth-order valence-electron chi connectivity index (χ4n) is 1.74. The number of hydrogen-bond donors (Lipinski definition) is 2. The minimum absolute atomic E-state index is 0.235. The zero-order chi connectivity index (χ0) is 16.3. The molecule has 1 heterocycles. The van der Waals surface area contributed by atoms with E-state index in [1.807, 2.05) is 0 Å². The maximum Gasteiger partial charge on any atom is 0.329 e. The number of carbonyl (C=O) groups excluding carboxylic acids is 1. The molecule has 7 heteroatoms. The van der Waals surface area contributed by atoms with Gasteiger partial charge < -0.3 is 10.4 Å². The minimum Gasteiger partial charge on any atom is -0.480 e. The van der Waals surface area contributed by atoms with Gasteiger partial charge in [-0.1, -0.05) is 19.1 Å². The highest BCUT2D eigenvalue weighted by molar-refractivity contribution is 7.16. The molecule has 1 unspecified atom stereocenters. The molecule has 0 spiro atoms. The highest BCUT2D eigenvalue weighted by Crippen LogP contribution is 2.27. The van der Waals surface area contributed by atoms with Crippen LogP contribution < -0.4 is 5.32 Å². The van der Waals surface area contributed by atoms with Crippen LogP contribution in [0.1, 0.15) is 29.9 Å². The van der Waals surface area contributed by atoms with E-state index in [1.54, 1.807) is 25.1 Å². The number of carboxylic acid groups (broad SMARTS) is 1. The number of carbonyl (C=O) groups is 2. The van der Waals surface area contributed by atoms with E-state index in [4.69, 9.17) is 0 Å². The lowest BCUT2D eigenvalue weighted by Crippen LogP contribution is -2.51. The number of halogens is 1. The summed E-state index contributed by atoms with van der Waals surface area (Å²) in [5, 5.41) is 12.0. The van der Waals surface area contributed by atoms with Gasteiger partial charge in [-0.25, -0.2) is 14.2 Å². The van der Waals surface area contributed by atoms with Crippen molar-refractivity contribution in [3.8, 4) is 10.6 Å². The quantitative estimate of drug-likeness (QED) is 0.887. The molecule has 0 aliphatic rings. The summed E-state index contributed by atoms with van der Waals surface area (Å²) in [7, 11) is 0. The predicted octanol–water partition coefficient (Wildman–Crippen LogP) is 2.93. The molecular weight excluding hydrogens is 307 g/mol. The van der Waals surface area contributed by atoms with Gasteiger partial charge in [0.2, 0.25) is 0 Å². The lowest BCUT2D eigenvalue weighted by Gasteiger charge is -2.23. The van der Waals surface area contributed by atoms with Crippen LogP contribution in [0, 0.1) is 5.82 Å². The van der Waals surface area contributed by atoms with Crippen molar-refractivity contribution in [2.24, 2.45) is 0 Å². The zero-order valence-electron chi connectivity index (χ0n) is 12.1. The van der Waals surface area contributed by atoms with E-state index in [9.17, 15) is 19.1 Å². The smallest absolute Gasteiger partial charge is 0.329 e. The Morgan fingerprint density at radius 1 is 1.41 bits per heavy atom. The summed E-state index contributed by atoms with van der Waals surface area (Å²) >= 11 is 1.02. The van der Waals surface area contributed by atoms with Crippen molar-refractivity contribution in [2.45, 2.75) is 25.8 Å². The molecule has 2 rings (SSSR count). The molecule has 0 bridgehead atoms. The number of nitrogens with zero attached hydrogens (tertiary/aromatic N) is 1. The maximum atomic E-state index is 13.7. The molecule has 22 heavy (non-hydrogen) atoms. The minimum atomic E-state index is -1.35. The molecular formula is C15H15FN2O3S. The van der Waals surface area contributed by atoms with E-state index in [2.05, 4.69) is 10.3 Å². The molecule has 0 aliphatic carbocycles. The molecule has 2 N–H and O–H groups in total. The van der Waals surface area contributed by atoms with E-state index in [1.165, 1.54) is 19.2 Å². The van der Waals surface area contributed by atoms with E-state index in [-0.39, 0.29) is 11.3 Å². The molecule has 0 aliphatic heterocycles. The molecule has 1 aromatic carbocycles. The highest BCUT2D eigenvalue weighted by Gasteiger charge is 2.33. The third-order valence-electron chi connectivity index (χ3n) is 3.40. The normalized spacial score (nSPS) is 13.4. The lowest BCUT2D eigenvalue weighted by atomic mass is 9.99. The van der Waals surface area contributed by atoms with Crippen molar-refractivity contribution in [1.29, 1.82) is 0 Å². The monoisotopic (exact) mass is 322 g/mol. The van der Waals surface area contributed by atoms with Crippen molar-refractivity contribution < 1.29 is 19.1 Å². The van der Waals surface area contributed by atoms with Gasteiger partial charge in [0.1, 0.15) is 21.2 Å². The third kappa shape index (κ3) is 3.14. The first-order chi connectivity index (χ1) is 10.4. The number of thiazole rings is 1. The number of carboxylic acids is 1. The second kappa shape index (κ2) is 6.23. The van der Waals surface area contributed by atoms with Crippen molar-refractivity contribution in [2.75, 3.05) is 0 Å². The summed E-state index contributed by atoms with van der Waals surface area (Å²) in [6.45, 7) is 3.11. The first-order valence-electron chi connectivity index (χ1n) is 6.64. The summed E-state index contributed by atoms with van der Waals surface area (Å²) < 4.78 is 13.7. The number of aliphatic carboxylic acids is 1. The van der Waals surface area contributed by atoms with Crippen LogP contribution >= 0.6 is 11.3 Å². The fraction of sp³-hybridized carbons (Fsp3) is 0.267. The van der Waals surface area contributed by atoms with Crippen LogP contribution in [0.2, 0.25) is 0 Å². The molecule has 116 valence electrons. The molecule has 1 atom stereocenters. The number of hydrogen-bond acceptors (Lipinski definition) is 4. The van der Waals surface area contributed by atoms with Gasteiger partial charge in [0.15, 0.2) is 0 Å². The maximum absolute atomic E-state index is 13.7. The zero-order valence-corrected chi connectivity index (χ0v) is 12.9. The standard InChI is InChI=1S/C15H15FN2O3S/c1-3-15(2,14(20)21)18-12(19)11-8-17-13(22-11)9-6-4-5-7-10(9)16/h4-8H,3H2,1-2H3,(H,18,19)(H,20,21). The van der Waals surface area contributed by atoms with Gasteiger partial charge in [-0.15, -0.1) is 11.3 Å². The van der Waals surface area contributed by atoms with Crippen LogP contribution in [-0.4, -0.2) is 27.5 Å². The van der Waals surface area contributed by atoms with E-state index in [0.717, 1.165) is 11.3 Å². The molecule has 0 radical (unpaired) electrons. The SMILES string of the molecule is CCC(C)(NC(=O)c1cnc(-c2ccccc2F)s1)C(=O)O. The summed E-state index contributed by atoms with van der Waals surface area (Å²) in [6, 6.07) is 6.13. The molecule has 1 amide bonds. The predicted molar refractivity (Wildman–Crippen MR) is 81.3 cm³/mol. The van der Waals surface area contributed by atoms with E-state index < -0.39 is 23.2 Å². The Balaban J connectivity index is 2.23. The Hall–Kier alpha value is -2.28. The van der Waals surface area contributed by atoms with Crippen LogP contribution in [-0.2, 0) is 4.79 Å². The van der Waals surface area contributed by atoms with Crippen LogP contribution in [0.4, 0.5) is 4.39 Å². The van der Waals surface area contributed by atoms with Crippen LogP contribution in [0.5, 0.6) is 0 Å². The Kier molecular flexibility index (Phi) is 4.56. The second-order valence-electron chi connectivity index (χ2n) is 4.95. The number of aromatic nitrogens is 1. The van der Waals surface area contributed by atoms with Gasteiger partial charge in [-0.2, -0.15) is 0 Å². The summed E-state index contributed by atoms with van der Waals surface area (Å²) in [5.74, 6) is -2.07. The van der Waals surface area contributed by atoms with Gasteiger partial charge in [0, 0.05) is 5.56 Å². The molecule has 0 saturated carbocycles. The number of nitrogens with one attached hydrogen (secondary N) is 1. The summed E-state index contributed by atoms with van der Waals surface area (Å²) in [5.41, 5.74) is -1.04. The van der Waals surface area contributed by atoms with Gasteiger partial charge in [0.25, 0.3) is 5.91 Å². The Labute approximate surface area is 130 Å². The first kappa shape index (κ1) is 16.1. The molecule has 5 nitrogen and oxygen atoms in total. The molecule has 0 fully saturated rings. The van der Waals surface area contributed by atoms with E-state index in [0.29, 0.717) is 10.6 Å². The number of benzene rings is 1. The Morgan fingerprint density at radius 2 is 2.09 bits per heavy atom. The number of rotatable bonds is 5. The topological polar surface area (TPSA) is 79.3 Å². The average molecular weight is 322 g/mol. The number of amides is 1. The lowest BCUT2D eigenvalue weighted by molar-refractivity contribution is -0.143. The van der Waals surface area contributed by atoms with Crippen molar-refractivity contribution in [3.05, 3.63) is 41.2 Å². The Morgan fingerprint density at radius 3 is 2.68 bits per heavy atom. The molecule has 0 saturated heterocycles. The van der Waals surface area contributed by atoms with Gasteiger partial charge >= 0.3 is 5.97 Å². The second-order valence-corrected chi connectivity index (χ2v) is 5.99. The highest BCUT2D eigenvalue weighted by atomic mass is 32.1. The van der Waals surface area contributed by atoms with Crippen molar-refractivity contribution >= 4 is 23.2 Å².